The van der Waals surface area contributed by atoms with Gasteiger partial charge in [-0.3, -0.25) is 9.59 Å². The van der Waals surface area contributed by atoms with E-state index in [1.54, 1.807) is 0 Å². The average Bonchev–Trinajstić information content (AvgIpc) is 2.98. The van der Waals surface area contributed by atoms with Crippen LogP contribution in [0.3, 0.4) is 0 Å². The second-order valence-corrected chi connectivity index (χ2v) is 8.54. The first-order valence-corrected chi connectivity index (χ1v) is 9.87. The lowest BCUT2D eigenvalue weighted by molar-refractivity contribution is -0.134. The van der Waals surface area contributed by atoms with Crippen molar-refractivity contribution in [3.63, 3.8) is 0 Å². The summed E-state index contributed by atoms with van der Waals surface area (Å²) >= 11 is 0. The zero-order chi connectivity index (χ0) is 20.2. The number of carbonyl (C=O) groups is 2. The Labute approximate surface area is 165 Å². The van der Waals surface area contributed by atoms with Crippen LogP contribution in [-0.2, 0) is 27.8 Å². The van der Waals surface area contributed by atoms with Crippen LogP contribution in [0.4, 0.5) is 0 Å². The molecule has 0 saturated carbocycles. The van der Waals surface area contributed by atoms with Gasteiger partial charge in [-0.2, -0.15) is 0 Å². The number of hydrogen-bond acceptors (Lipinski definition) is 5. The van der Waals surface area contributed by atoms with Crippen molar-refractivity contribution < 1.29 is 23.8 Å². The van der Waals surface area contributed by atoms with E-state index in [1.807, 2.05) is 6.92 Å². The van der Waals surface area contributed by atoms with Crippen LogP contribution in [0.1, 0.15) is 64.2 Å². The fourth-order valence-corrected chi connectivity index (χ4v) is 4.69. The molecule has 0 radical (unpaired) electrons. The average molecular weight is 382 g/mol. The molecule has 1 aliphatic heterocycles. The summed E-state index contributed by atoms with van der Waals surface area (Å²) < 4.78 is 17.4. The number of fused-ring (bicyclic) bond motifs is 5. The van der Waals surface area contributed by atoms with Crippen LogP contribution in [0.5, 0.6) is 17.2 Å². The molecule has 0 saturated heterocycles. The molecule has 2 aliphatic rings. The smallest absolute Gasteiger partial charge is 0.308 e. The van der Waals surface area contributed by atoms with Gasteiger partial charge >= 0.3 is 11.9 Å². The van der Waals surface area contributed by atoms with E-state index in [-0.39, 0.29) is 11.5 Å². The molecule has 28 heavy (non-hydrogen) atoms. The molecule has 0 amide bonds. The summed E-state index contributed by atoms with van der Waals surface area (Å²) in [7, 11) is 0. The maximum atomic E-state index is 12.0. The lowest BCUT2D eigenvalue weighted by atomic mass is 9.71. The van der Waals surface area contributed by atoms with Crippen LogP contribution in [0.15, 0.2) is 12.1 Å². The van der Waals surface area contributed by atoms with Crippen molar-refractivity contribution in [3.05, 3.63) is 28.8 Å². The number of ether oxygens (including phenoxy) is 3. The molecular formula is C23H26O5. The van der Waals surface area contributed by atoms with Crippen LogP contribution < -0.4 is 14.2 Å². The van der Waals surface area contributed by atoms with Crippen LogP contribution in [0.2, 0.25) is 0 Å². The molecule has 1 aliphatic carbocycles. The summed E-state index contributed by atoms with van der Waals surface area (Å²) in [5.41, 5.74) is 3.23. The first kappa shape index (κ1) is 18.8. The molecule has 1 heterocycles. The largest absolute Gasteiger partial charge is 0.489 e. The molecule has 2 aromatic rings. The van der Waals surface area contributed by atoms with Crippen LogP contribution in [0, 0.1) is 0 Å². The Morgan fingerprint density at radius 1 is 1.07 bits per heavy atom. The molecule has 0 aromatic heterocycles. The SMILES string of the molecule is CC(=O)Oc1c2c(c3ccc4c(c3c1OC(C)=O)CCCC4(C)C)OC(C)C2. The maximum absolute atomic E-state index is 12.0. The number of benzene rings is 2. The topological polar surface area (TPSA) is 61.8 Å². The zero-order valence-electron chi connectivity index (χ0n) is 17.1. The lowest BCUT2D eigenvalue weighted by Gasteiger charge is -2.34. The van der Waals surface area contributed by atoms with Crippen LogP contribution in [0.25, 0.3) is 10.8 Å². The number of rotatable bonds is 2. The minimum Gasteiger partial charge on any atom is -0.489 e. The molecule has 148 valence electrons. The molecule has 0 spiro atoms. The molecule has 0 fully saturated rings. The Balaban J connectivity index is 2.13. The Hall–Kier alpha value is -2.56. The van der Waals surface area contributed by atoms with Crippen molar-refractivity contribution in [2.24, 2.45) is 0 Å². The summed E-state index contributed by atoms with van der Waals surface area (Å²) in [6, 6.07) is 4.23. The normalized spacial score (nSPS) is 19.5. The second kappa shape index (κ2) is 6.50. The third-order valence-electron chi connectivity index (χ3n) is 5.80. The summed E-state index contributed by atoms with van der Waals surface area (Å²) in [5, 5.41) is 1.76. The number of aryl methyl sites for hydroxylation is 1. The highest BCUT2D eigenvalue weighted by Gasteiger charge is 2.35. The van der Waals surface area contributed by atoms with E-state index in [4.69, 9.17) is 14.2 Å². The zero-order valence-corrected chi connectivity index (χ0v) is 17.1. The third-order valence-corrected chi connectivity index (χ3v) is 5.80. The molecule has 0 N–H and O–H groups in total. The number of carbonyl (C=O) groups excluding carboxylic acids is 2. The minimum atomic E-state index is -0.445. The molecule has 1 atom stereocenters. The van der Waals surface area contributed by atoms with Gasteiger partial charge in [0, 0.05) is 36.6 Å². The Kier molecular flexibility index (Phi) is 4.36. The van der Waals surface area contributed by atoms with E-state index in [0.717, 1.165) is 46.9 Å². The number of hydrogen-bond donors (Lipinski definition) is 0. The highest BCUT2D eigenvalue weighted by atomic mass is 16.6. The molecule has 4 rings (SSSR count). The summed E-state index contributed by atoms with van der Waals surface area (Å²) in [6.07, 6.45) is 3.61. The summed E-state index contributed by atoms with van der Waals surface area (Å²) in [5.74, 6) is 0.532. The lowest BCUT2D eigenvalue weighted by Crippen LogP contribution is -2.24. The van der Waals surface area contributed by atoms with Crippen LogP contribution >= 0.6 is 0 Å². The monoisotopic (exact) mass is 382 g/mol. The van der Waals surface area contributed by atoms with Crippen molar-refractivity contribution in [2.75, 3.05) is 0 Å². The predicted octanol–water partition coefficient (Wildman–Crippen LogP) is 4.63. The van der Waals surface area contributed by atoms with Gasteiger partial charge in [0.2, 0.25) is 0 Å². The van der Waals surface area contributed by atoms with Gasteiger partial charge in [-0.15, -0.1) is 0 Å². The highest BCUT2D eigenvalue weighted by Crippen LogP contribution is 2.53. The van der Waals surface area contributed by atoms with Gasteiger partial charge in [0.15, 0.2) is 11.5 Å². The summed E-state index contributed by atoms with van der Waals surface area (Å²) in [6.45, 7) is 9.19. The van der Waals surface area contributed by atoms with E-state index >= 15 is 0 Å². The second-order valence-electron chi connectivity index (χ2n) is 8.54. The van der Waals surface area contributed by atoms with Crippen molar-refractivity contribution >= 4 is 22.7 Å². The van der Waals surface area contributed by atoms with Crippen molar-refractivity contribution in [1.29, 1.82) is 0 Å². The first-order valence-electron chi connectivity index (χ1n) is 9.87. The van der Waals surface area contributed by atoms with E-state index in [1.165, 1.54) is 19.4 Å². The van der Waals surface area contributed by atoms with E-state index in [2.05, 4.69) is 26.0 Å². The highest BCUT2D eigenvalue weighted by molar-refractivity contribution is 6.02. The van der Waals surface area contributed by atoms with Crippen molar-refractivity contribution in [3.8, 4) is 17.2 Å². The fraction of sp³-hybridized carbons (Fsp3) is 0.478. The van der Waals surface area contributed by atoms with E-state index in [9.17, 15) is 9.59 Å². The maximum Gasteiger partial charge on any atom is 0.308 e. The molecule has 5 heteroatoms. The molecular weight excluding hydrogens is 356 g/mol. The molecule has 2 aromatic carbocycles. The van der Waals surface area contributed by atoms with Gasteiger partial charge in [-0.25, -0.2) is 0 Å². The van der Waals surface area contributed by atoms with Gasteiger partial charge in [0.05, 0.1) is 0 Å². The Morgan fingerprint density at radius 2 is 1.75 bits per heavy atom. The van der Waals surface area contributed by atoms with Gasteiger partial charge < -0.3 is 14.2 Å². The standard InChI is InChI=1S/C23H26O5/c1-12-11-17-20(26-12)16-8-9-18-15(7-6-10-23(18,4)5)19(16)22(28-14(3)25)21(17)27-13(2)24/h8-9,12H,6-7,10-11H2,1-5H3. The Bertz CT molecular complexity index is 1000. The van der Waals surface area contributed by atoms with Gasteiger partial charge in [0.25, 0.3) is 0 Å². The van der Waals surface area contributed by atoms with Crippen LogP contribution in [-0.4, -0.2) is 18.0 Å². The minimum absolute atomic E-state index is 0.0318. The molecule has 1 unspecified atom stereocenters. The number of esters is 2. The molecule has 5 nitrogen and oxygen atoms in total. The first-order chi connectivity index (χ1) is 13.2. The van der Waals surface area contributed by atoms with Crippen molar-refractivity contribution in [2.45, 2.75) is 71.8 Å². The fourth-order valence-electron chi connectivity index (χ4n) is 4.69. The summed E-state index contributed by atoms with van der Waals surface area (Å²) in [4.78, 5) is 23.8. The quantitative estimate of drug-likeness (QED) is 0.560. The van der Waals surface area contributed by atoms with E-state index in [0.29, 0.717) is 17.9 Å². The van der Waals surface area contributed by atoms with Crippen molar-refractivity contribution in [1.82, 2.24) is 0 Å². The van der Waals surface area contributed by atoms with Gasteiger partial charge in [-0.05, 0) is 42.7 Å². The Morgan fingerprint density at radius 3 is 2.43 bits per heavy atom. The van der Waals surface area contributed by atoms with Gasteiger partial charge in [-0.1, -0.05) is 26.0 Å². The predicted molar refractivity (Wildman–Crippen MR) is 106 cm³/mol. The third kappa shape index (κ3) is 2.93. The van der Waals surface area contributed by atoms with Gasteiger partial charge in [0.1, 0.15) is 11.9 Å². The van der Waals surface area contributed by atoms with E-state index < -0.39 is 11.9 Å². The molecule has 0 bridgehead atoms.